The van der Waals surface area contributed by atoms with Crippen molar-refractivity contribution in [2.75, 3.05) is 0 Å². The maximum atomic E-state index is 12.1. The van der Waals surface area contributed by atoms with Crippen molar-refractivity contribution in [3.8, 4) is 0 Å². The highest BCUT2D eigenvalue weighted by Gasteiger charge is 2.28. The molecule has 0 unspecified atom stereocenters. The Kier molecular flexibility index (Phi) is 5.03. The van der Waals surface area contributed by atoms with E-state index in [0.29, 0.717) is 16.0 Å². The Morgan fingerprint density at radius 1 is 0.727 bits per heavy atom. The lowest BCUT2D eigenvalue weighted by molar-refractivity contribution is -0.141. The molecular weight excluding hydrogens is 282 g/mol. The van der Waals surface area contributed by atoms with Crippen molar-refractivity contribution in [2.45, 2.75) is 12.8 Å². The Balaban J connectivity index is 2.10. The van der Waals surface area contributed by atoms with Gasteiger partial charge in [0.25, 0.3) is 0 Å². The van der Waals surface area contributed by atoms with Crippen LogP contribution in [0.4, 0.5) is 4.79 Å². The van der Waals surface area contributed by atoms with E-state index in [1.807, 2.05) is 0 Å². The molecule has 0 aromatic heterocycles. The second-order valence-electron chi connectivity index (χ2n) is 4.73. The molecule has 0 aliphatic rings. The molecule has 0 aliphatic carbocycles. The highest BCUT2D eigenvalue weighted by atomic mass is 16.4. The van der Waals surface area contributed by atoms with Crippen LogP contribution in [-0.2, 0) is 22.4 Å². The Morgan fingerprint density at radius 3 is 1.41 bits per heavy atom. The third kappa shape index (κ3) is 4.02. The summed E-state index contributed by atoms with van der Waals surface area (Å²) in [4.78, 5) is 35.8. The fraction of sp³-hybridized carbons (Fsp3) is 0.118. The van der Waals surface area contributed by atoms with E-state index in [1.54, 1.807) is 60.7 Å². The lowest BCUT2D eigenvalue weighted by Gasteiger charge is -2.15. The number of carbonyl (C=O) groups excluding carboxylic acids is 2. The van der Waals surface area contributed by atoms with Gasteiger partial charge in [0.05, 0.1) is 12.8 Å². The highest BCUT2D eigenvalue weighted by Crippen LogP contribution is 2.07. The molecule has 0 atom stereocenters. The van der Waals surface area contributed by atoms with Crippen molar-refractivity contribution in [1.82, 2.24) is 4.90 Å². The highest BCUT2D eigenvalue weighted by molar-refractivity contribution is 6.09. The van der Waals surface area contributed by atoms with Gasteiger partial charge in [-0.15, -0.1) is 0 Å². The van der Waals surface area contributed by atoms with Crippen LogP contribution in [0.25, 0.3) is 0 Å². The lowest BCUT2D eigenvalue weighted by Crippen LogP contribution is -2.42. The third-order valence-corrected chi connectivity index (χ3v) is 3.09. The molecule has 0 fully saturated rings. The molecular formula is C17H15NO4. The summed E-state index contributed by atoms with van der Waals surface area (Å²) in [5, 5.41) is 9.15. The number of nitrogens with zero attached hydrogens (tertiary/aromatic N) is 1. The fourth-order valence-electron chi connectivity index (χ4n) is 2.05. The minimum absolute atomic E-state index is 0.131. The summed E-state index contributed by atoms with van der Waals surface area (Å²) in [5.41, 5.74) is 1.32. The zero-order chi connectivity index (χ0) is 15.9. The number of amides is 3. The molecule has 0 saturated heterocycles. The number of hydrogen-bond donors (Lipinski definition) is 1. The Morgan fingerprint density at radius 2 is 1.09 bits per heavy atom. The first-order valence-electron chi connectivity index (χ1n) is 6.74. The molecule has 112 valence electrons. The molecule has 3 amide bonds. The normalized spacial score (nSPS) is 10.0. The largest absolute Gasteiger partial charge is 0.464 e. The van der Waals surface area contributed by atoms with E-state index in [0.717, 1.165) is 0 Å². The van der Waals surface area contributed by atoms with Gasteiger partial charge < -0.3 is 5.11 Å². The molecule has 2 rings (SSSR count). The first kappa shape index (κ1) is 15.4. The lowest BCUT2D eigenvalue weighted by atomic mass is 10.1. The monoisotopic (exact) mass is 297 g/mol. The summed E-state index contributed by atoms with van der Waals surface area (Å²) in [7, 11) is 0. The molecule has 0 radical (unpaired) electrons. The molecule has 0 spiro atoms. The smallest absolute Gasteiger partial charge is 0.421 e. The van der Waals surface area contributed by atoms with E-state index in [1.165, 1.54) is 0 Å². The standard InChI is InChI=1S/C17H15NO4/c19-15(11-13-7-3-1-4-8-13)18(17(21)22)16(20)12-14-9-5-2-6-10-14/h1-10H,11-12H2,(H,21,22). The van der Waals surface area contributed by atoms with E-state index in [2.05, 4.69) is 0 Å². The van der Waals surface area contributed by atoms with Gasteiger partial charge in [-0.3, -0.25) is 9.59 Å². The molecule has 2 aromatic carbocycles. The Hall–Kier alpha value is -2.95. The molecule has 0 saturated carbocycles. The third-order valence-electron chi connectivity index (χ3n) is 3.09. The first-order valence-corrected chi connectivity index (χ1v) is 6.74. The molecule has 0 bridgehead atoms. The molecule has 5 nitrogen and oxygen atoms in total. The van der Waals surface area contributed by atoms with Crippen molar-refractivity contribution in [1.29, 1.82) is 0 Å². The van der Waals surface area contributed by atoms with Crippen LogP contribution in [0.5, 0.6) is 0 Å². The molecule has 0 aliphatic heterocycles. The van der Waals surface area contributed by atoms with E-state index < -0.39 is 17.9 Å². The summed E-state index contributed by atoms with van der Waals surface area (Å²) >= 11 is 0. The number of carbonyl (C=O) groups is 3. The van der Waals surface area contributed by atoms with Crippen LogP contribution in [0.3, 0.4) is 0 Å². The predicted molar refractivity (Wildman–Crippen MR) is 80.2 cm³/mol. The maximum absolute atomic E-state index is 12.1. The van der Waals surface area contributed by atoms with Gasteiger partial charge in [-0.2, -0.15) is 4.90 Å². The van der Waals surface area contributed by atoms with E-state index in [4.69, 9.17) is 5.11 Å². The molecule has 2 aromatic rings. The zero-order valence-electron chi connectivity index (χ0n) is 11.8. The van der Waals surface area contributed by atoms with Crippen LogP contribution < -0.4 is 0 Å². The predicted octanol–water partition coefficient (Wildman–Crippen LogP) is 2.51. The van der Waals surface area contributed by atoms with Crippen molar-refractivity contribution < 1.29 is 19.5 Å². The van der Waals surface area contributed by atoms with Gasteiger partial charge in [-0.1, -0.05) is 60.7 Å². The van der Waals surface area contributed by atoms with Gasteiger partial charge in [-0.25, -0.2) is 4.79 Å². The van der Waals surface area contributed by atoms with Crippen LogP contribution in [0, 0.1) is 0 Å². The van der Waals surface area contributed by atoms with Crippen molar-refractivity contribution >= 4 is 17.9 Å². The van der Waals surface area contributed by atoms with Gasteiger partial charge in [0, 0.05) is 0 Å². The quantitative estimate of drug-likeness (QED) is 0.941. The Labute approximate surface area is 127 Å². The maximum Gasteiger partial charge on any atom is 0.421 e. The summed E-state index contributed by atoms with van der Waals surface area (Å²) in [5.74, 6) is -1.50. The second kappa shape index (κ2) is 7.17. The van der Waals surface area contributed by atoms with Gasteiger partial charge in [-0.05, 0) is 11.1 Å². The van der Waals surface area contributed by atoms with E-state index in [-0.39, 0.29) is 12.8 Å². The van der Waals surface area contributed by atoms with Crippen LogP contribution in [0.1, 0.15) is 11.1 Å². The minimum atomic E-state index is -1.55. The van der Waals surface area contributed by atoms with Crippen molar-refractivity contribution in [3.63, 3.8) is 0 Å². The van der Waals surface area contributed by atoms with E-state index in [9.17, 15) is 14.4 Å². The van der Waals surface area contributed by atoms with Gasteiger partial charge in [0.15, 0.2) is 0 Å². The van der Waals surface area contributed by atoms with Crippen molar-refractivity contribution in [3.05, 3.63) is 71.8 Å². The Bertz CT molecular complexity index is 614. The van der Waals surface area contributed by atoms with Gasteiger partial charge in [0.1, 0.15) is 0 Å². The van der Waals surface area contributed by atoms with Crippen LogP contribution in [-0.4, -0.2) is 27.9 Å². The summed E-state index contributed by atoms with van der Waals surface area (Å²) in [6.07, 6.45) is -1.82. The molecule has 1 N–H and O–H groups in total. The number of benzene rings is 2. The first-order chi connectivity index (χ1) is 10.6. The second-order valence-corrected chi connectivity index (χ2v) is 4.73. The number of rotatable bonds is 4. The molecule has 22 heavy (non-hydrogen) atoms. The van der Waals surface area contributed by atoms with Crippen LogP contribution in [0.2, 0.25) is 0 Å². The fourth-order valence-corrected chi connectivity index (χ4v) is 2.05. The van der Waals surface area contributed by atoms with Gasteiger partial charge in [0.2, 0.25) is 11.8 Å². The summed E-state index contributed by atoms with van der Waals surface area (Å²) < 4.78 is 0. The van der Waals surface area contributed by atoms with Gasteiger partial charge >= 0.3 is 6.09 Å². The molecule has 0 heterocycles. The minimum Gasteiger partial charge on any atom is -0.464 e. The number of carboxylic acid groups (broad SMARTS) is 1. The SMILES string of the molecule is O=C(O)N(C(=O)Cc1ccccc1)C(=O)Cc1ccccc1. The molecule has 5 heteroatoms. The number of hydrogen-bond acceptors (Lipinski definition) is 3. The topological polar surface area (TPSA) is 74.7 Å². The van der Waals surface area contributed by atoms with Crippen LogP contribution in [0.15, 0.2) is 60.7 Å². The summed E-state index contributed by atoms with van der Waals surface area (Å²) in [6.45, 7) is 0. The zero-order valence-corrected chi connectivity index (χ0v) is 11.8. The van der Waals surface area contributed by atoms with E-state index >= 15 is 0 Å². The average molecular weight is 297 g/mol. The summed E-state index contributed by atoms with van der Waals surface area (Å²) in [6, 6.07) is 17.4. The van der Waals surface area contributed by atoms with Crippen LogP contribution >= 0.6 is 0 Å². The average Bonchev–Trinajstić information content (AvgIpc) is 2.48. The number of imide groups is 3. The van der Waals surface area contributed by atoms with Crippen molar-refractivity contribution in [2.24, 2.45) is 0 Å².